The van der Waals surface area contributed by atoms with Crippen LogP contribution < -0.4 is 25.8 Å². The number of carbonyl (C=O) groups excluding carboxylic acids is 2. The largest absolute Gasteiger partial charge is 0.477 e. The lowest BCUT2D eigenvalue weighted by Gasteiger charge is -2.28. The number of amides is 3. The summed E-state index contributed by atoms with van der Waals surface area (Å²) in [6, 6.07) is 14.0. The second kappa shape index (κ2) is 26.1. The second-order valence-electron chi connectivity index (χ2n) is 15.7. The predicted molar refractivity (Wildman–Crippen MR) is 301 cm³/mol. The van der Waals surface area contributed by atoms with E-state index in [1.807, 2.05) is 9.80 Å². The van der Waals surface area contributed by atoms with Gasteiger partial charge in [-0.2, -0.15) is 0 Å². The summed E-state index contributed by atoms with van der Waals surface area (Å²) < 4.78 is 16.1. The molecule has 75 heavy (non-hydrogen) atoms. The Bertz CT molecular complexity index is 3340. The van der Waals surface area contributed by atoms with Crippen LogP contribution in [0.4, 0.5) is 41.9 Å². The van der Waals surface area contributed by atoms with Gasteiger partial charge < -0.3 is 45.1 Å². The van der Waals surface area contributed by atoms with Crippen LogP contribution in [0.25, 0.3) is 58.4 Å². The molecule has 0 saturated carbocycles. The molecule has 3 aromatic carbocycles. The number of primary amides is 1. The van der Waals surface area contributed by atoms with E-state index in [4.69, 9.17) is 115 Å². The predicted octanol–water partition coefficient (Wildman–Crippen LogP) is 15.0. The number of anilines is 4. The average molecular weight is 1190 g/mol. The van der Waals surface area contributed by atoms with Gasteiger partial charge in [-0.3, -0.25) is 4.79 Å². The molecular formula is C48H37Cl6N11O7S3. The summed E-state index contributed by atoms with van der Waals surface area (Å²) >= 11 is 40.3. The number of carbonyl (C=O) groups is 3. The van der Waals surface area contributed by atoms with E-state index in [0.29, 0.717) is 174 Å². The molecule has 27 heteroatoms. The van der Waals surface area contributed by atoms with Crippen molar-refractivity contribution in [3.63, 3.8) is 0 Å². The Labute approximate surface area is 471 Å². The lowest BCUT2D eigenvalue weighted by atomic mass is 10.0. The number of carboxylic acid groups (broad SMARTS) is 1. The molecule has 0 bridgehead atoms. The summed E-state index contributed by atoms with van der Waals surface area (Å²) in [6.45, 7) is 30.0. The fourth-order valence-corrected chi connectivity index (χ4v) is 12.9. The van der Waals surface area contributed by atoms with Crippen LogP contribution in [0.15, 0.2) is 59.7 Å². The Morgan fingerprint density at radius 3 is 1.28 bits per heavy atom. The first-order chi connectivity index (χ1) is 36.1. The number of hydrogen-bond donors (Lipinski definition) is 3. The number of morpholine rings is 3. The van der Waals surface area contributed by atoms with Crippen molar-refractivity contribution in [3.05, 3.63) is 139 Å². The van der Waals surface area contributed by atoms with Crippen molar-refractivity contribution in [2.75, 3.05) is 98.9 Å². The summed E-state index contributed by atoms with van der Waals surface area (Å²) in [6.07, 6.45) is 0. The summed E-state index contributed by atoms with van der Waals surface area (Å²) in [5.74, 6) is -1.83. The molecule has 3 aromatic heterocycles. The number of aromatic carboxylic acids is 1. The summed E-state index contributed by atoms with van der Waals surface area (Å²) in [5, 5.41) is 20.4. The minimum atomic E-state index is -1.08. The van der Waals surface area contributed by atoms with Crippen molar-refractivity contribution in [1.82, 2.24) is 0 Å². The highest BCUT2D eigenvalue weighted by molar-refractivity contribution is 7.21. The fraction of sp³-hybridized carbons (Fsp3) is 0.250. The molecule has 6 heterocycles. The van der Waals surface area contributed by atoms with Gasteiger partial charge >= 0.3 is 12.0 Å². The molecule has 6 aromatic rings. The zero-order valence-corrected chi connectivity index (χ0v) is 45.7. The van der Waals surface area contributed by atoms with Crippen molar-refractivity contribution in [2.45, 2.75) is 0 Å². The number of hydrogen-bond acceptors (Lipinski definition) is 12. The van der Waals surface area contributed by atoms with Crippen molar-refractivity contribution >= 4 is 159 Å². The van der Waals surface area contributed by atoms with Gasteiger partial charge in [-0.15, -0.1) is 34.0 Å². The number of carboxylic acids is 1. The zero-order chi connectivity index (χ0) is 53.9. The van der Waals surface area contributed by atoms with Crippen LogP contribution in [0.3, 0.4) is 0 Å². The van der Waals surface area contributed by atoms with Gasteiger partial charge in [0.05, 0.1) is 84.2 Å². The minimum Gasteiger partial charge on any atom is -0.477 e. The third-order valence-electron chi connectivity index (χ3n) is 11.2. The van der Waals surface area contributed by atoms with Gasteiger partial charge in [0.2, 0.25) is 17.1 Å². The van der Waals surface area contributed by atoms with Gasteiger partial charge in [0.15, 0.2) is 0 Å². The maximum atomic E-state index is 12.4. The number of nitrogens with one attached hydrogen (secondary N) is 1. The van der Waals surface area contributed by atoms with Crippen molar-refractivity contribution in [1.29, 1.82) is 0 Å². The number of benzene rings is 3. The minimum absolute atomic E-state index is 0.103. The van der Waals surface area contributed by atoms with Crippen molar-refractivity contribution < 1.29 is 33.7 Å². The normalized spacial score (nSPS) is 14.1. The van der Waals surface area contributed by atoms with Crippen molar-refractivity contribution in [2.24, 2.45) is 10.8 Å². The van der Waals surface area contributed by atoms with Gasteiger partial charge in [-0.1, -0.05) is 87.8 Å². The molecule has 3 aliphatic heterocycles. The number of urea groups is 1. The van der Waals surface area contributed by atoms with Crippen LogP contribution in [-0.4, -0.2) is 102 Å². The molecule has 0 radical (unpaired) electrons. The maximum absolute atomic E-state index is 12.4. The molecular weight excluding hydrogens is 1150 g/mol. The number of nitrogens with two attached hydrogens (primary N) is 1. The molecule has 0 atom stereocenters. The van der Waals surface area contributed by atoms with Gasteiger partial charge in [0, 0.05) is 91.0 Å². The molecule has 18 nitrogen and oxygen atoms in total. The van der Waals surface area contributed by atoms with Crippen LogP contribution in [0.1, 0.15) is 19.3 Å². The molecule has 3 fully saturated rings. The Hall–Kier alpha value is -6.03. The Morgan fingerprint density at radius 2 is 0.933 bits per heavy atom. The highest BCUT2D eigenvalue weighted by atomic mass is 35.5. The smallest absolute Gasteiger partial charge is 0.345 e. The van der Waals surface area contributed by atoms with E-state index >= 15 is 0 Å². The highest BCUT2D eigenvalue weighted by Crippen LogP contribution is 2.54. The first-order valence-electron chi connectivity index (χ1n) is 22.0. The van der Waals surface area contributed by atoms with E-state index in [-0.39, 0.29) is 9.75 Å². The van der Waals surface area contributed by atoms with Gasteiger partial charge in [-0.25, -0.2) is 24.1 Å². The van der Waals surface area contributed by atoms with E-state index in [2.05, 4.69) is 34.8 Å². The van der Waals surface area contributed by atoms with E-state index in [9.17, 15) is 19.5 Å². The van der Waals surface area contributed by atoms with E-state index in [0.717, 1.165) is 27.7 Å². The topological polar surface area (TPSA) is 209 Å². The van der Waals surface area contributed by atoms with Crippen LogP contribution in [0.2, 0.25) is 30.1 Å². The second-order valence-corrected chi connectivity index (χ2v) is 21.2. The molecule has 0 spiro atoms. The van der Waals surface area contributed by atoms with Gasteiger partial charge in [0.25, 0.3) is 5.91 Å². The number of azide groups is 1. The summed E-state index contributed by atoms with van der Waals surface area (Å²) in [5.41, 5.74) is 17.9. The Balaban J connectivity index is 0.000000164. The Kier molecular flexibility index (Phi) is 19.8. The van der Waals surface area contributed by atoms with Crippen LogP contribution in [0, 0.1) is 19.7 Å². The van der Waals surface area contributed by atoms with Crippen LogP contribution in [-0.2, 0) is 14.2 Å². The maximum Gasteiger partial charge on any atom is 0.345 e. The average Bonchev–Trinajstić information content (AvgIpc) is 4.11. The molecule has 4 N–H and O–H groups in total. The number of nitrogens with zero attached hydrogens (tertiary/aromatic N) is 9. The molecule has 0 aliphatic carbocycles. The highest BCUT2D eigenvalue weighted by Gasteiger charge is 2.31. The molecule has 3 aliphatic rings. The summed E-state index contributed by atoms with van der Waals surface area (Å²) in [4.78, 5) is 55.4. The van der Waals surface area contributed by atoms with E-state index < -0.39 is 17.9 Å². The summed E-state index contributed by atoms with van der Waals surface area (Å²) in [7, 11) is 0. The number of ether oxygens (including phenoxy) is 3. The molecule has 9 rings (SSSR count). The zero-order valence-electron chi connectivity index (χ0n) is 38.7. The number of halogens is 6. The molecule has 3 saturated heterocycles. The molecule has 0 unspecified atom stereocenters. The standard InChI is InChI=1S/C16H11Cl2N5O2S.C16H14Cl2N4O2S.C16H12Cl2N2O3S/c1-20-13-12(10-3-2-9(17)8-11(10)18)14(15(24)21-22-19)26-16(13)23-4-6-25-7-5-23;1-20-13-12(10-3-2-9(17)8-11(10)18)14(21-16(19)23)25-15(13)22-4-6-24-7-5-22;1-19-13-12(10-3-2-9(17)8-11(10)18)14(16(21)22)24-15(13)20-4-6-23-7-5-20/h2-3,8H,4-7H2;2-3,8H,4-7H2,(H3,19,21,23);2-3,8H,4-7H2,(H,21,22). The number of thiophene rings is 3. The van der Waals surface area contributed by atoms with Gasteiger partial charge in [-0.05, 0) is 63.7 Å². The lowest BCUT2D eigenvalue weighted by Crippen LogP contribution is -2.35. The van der Waals surface area contributed by atoms with E-state index in [1.165, 1.54) is 11.3 Å². The fourth-order valence-electron chi connectivity index (χ4n) is 7.90. The third-order valence-corrected chi connectivity index (χ3v) is 16.4. The van der Waals surface area contributed by atoms with E-state index in [1.54, 1.807) is 54.6 Å². The van der Waals surface area contributed by atoms with Crippen LogP contribution in [0.5, 0.6) is 0 Å². The molecule has 3 amide bonds. The monoisotopic (exact) mass is 1190 g/mol. The first-order valence-corrected chi connectivity index (χ1v) is 26.7. The Morgan fingerprint density at radius 1 is 0.587 bits per heavy atom. The molecule has 386 valence electrons. The van der Waals surface area contributed by atoms with Crippen LogP contribution >= 0.6 is 104 Å². The van der Waals surface area contributed by atoms with Gasteiger partial charge in [0.1, 0.15) is 4.88 Å². The third kappa shape index (κ3) is 13.2. The number of rotatable bonds is 9. The quantitative estimate of drug-likeness (QED) is 0.0540. The first kappa shape index (κ1) is 56.7. The van der Waals surface area contributed by atoms with Crippen molar-refractivity contribution in [3.8, 4) is 33.4 Å². The SMILES string of the molecule is [C-]#[N+]c1c(N2CCOCC2)sc(C(=O)N=[N+]=[N-])c1-c1ccc(Cl)cc1Cl.[C-]#[N+]c1c(N2CCOCC2)sc(C(=O)O)c1-c1ccc(Cl)cc1Cl.[C-]#[N+]c1c(N2CCOCC2)sc(NC(N)=O)c1-c1ccc(Cl)cc1Cl. The lowest BCUT2D eigenvalue weighted by molar-refractivity contribution is 0.0702.